The lowest BCUT2D eigenvalue weighted by Crippen LogP contribution is -2.00. The van der Waals surface area contributed by atoms with E-state index in [0.717, 1.165) is 0 Å². The molecule has 3 nitrogen and oxygen atoms in total. The van der Waals surface area contributed by atoms with E-state index in [2.05, 4.69) is 0 Å². The van der Waals surface area contributed by atoms with Crippen molar-refractivity contribution < 1.29 is 26.2 Å². The average molecular weight is 212 g/mol. The van der Waals surface area contributed by atoms with Gasteiger partial charge >= 0.3 is 10.2 Å². The van der Waals surface area contributed by atoms with Crippen molar-refractivity contribution in [2.24, 2.45) is 0 Å². The summed E-state index contributed by atoms with van der Waals surface area (Å²) in [7, 11) is -5.44. The first-order chi connectivity index (χ1) is 5.82. The molecular formula is C6H3F3O3S. The number of rotatable bonds is 1. The fourth-order valence-corrected chi connectivity index (χ4v) is 1.36. The smallest absolute Gasteiger partial charge is 0.337 e. The second kappa shape index (κ2) is 2.91. The Labute approximate surface area is 71.6 Å². The maximum Gasteiger partial charge on any atom is 0.337 e. The zero-order chi connectivity index (χ0) is 10.2. The van der Waals surface area contributed by atoms with Crippen LogP contribution in [0.15, 0.2) is 17.0 Å². The van der Waals surface area contributed by atoms with E-state index in [-0.39, 0.29) is 0 Å². The molecule has 7 heteroatoms. The number of hydrogen-bond acceptors (Lipinski definition) is 3. The van der Waals surface area contributed by atoms with E-state index in [1.807, 2.05) is 0 Å². The third kappa shape index (κ3) is 1.92. The summed E-state index contributed by atoms with van der Waals surface area (Å²) in [5, 5.41) is 8.59. The van der Waals surface area contributed by atoms with Gasteiger partial charge in [0.25, 0.3) is 0 Å². The first-order valence-electron chi connectivity index (χ1n) is 2.95. The summed E-state index contributed by atoms with van der Waals surface area (Å²) in [5.74, 6) is -4.15. The van der Waals surface area contributed by atoms with E-state index in [1.54, 1.807) is 0 Å². The highest BCUT2D eigenvalue weighted by Gasteiger charge is 2.24. The molecule has 0 amide bonds. The van der Waals surface area contributed by atoms with Crippen molar-refractivity contribution in [1.29, 1.82) is 0 Å². The van der Waals surface area contributed by atoms with Crippen LogP contribution in [-0.4, -0.2) is 13.5 Å². The summed E-state index contributed by atoms with van der Waals surface area (Å²) >= 11 is 0. The molecule has 0 aromatic heterocycles. The molecule has 0 saturated carbocycles. The maximum absolute atomic E-state index is 12.6. The Hall–Kier alpha value is -1.24. The van der Waals surface area contributed by atoms with Crippen LogP contribution in [0.25, 0.3) is 0 Å². The molecule has 0 saturated heterocycles. The van der Waals surface area contributed by atoms with Crippen molar-refractivity contribution in [3.63, 3.8) is 0 Å². The van der Waals surface area contributed by atoms with E-state index in [1.165, 1.54) is 0 Å². The summed E-state index contributed by atoms with van der Waals surface area (Å²) in [6, 6.07) is 0.602. The van der Waals surface area contributed by atoms with Crippen molar-refractivity contribution in [2.75, 3.05) is 0 Å². The van der Waals surface area contributed by atoms with Gasteiger partial charge in [-0.25, -0.2) is 8.78 Å². The number of hydrogen-bond donors (Lipinski definition) is 1. The molecule has 0 radical (unpaired) electrons. The van der Waals surface area contributed by atoms with Crippen molar-refractivity contribution >= 4 is 10.2 Å². The Morgan fingerprint density at radius 1 is 1.15 bits per heavy atom. The fourth-order valence-electron chi connectivity index (χ4n) is 0.779. The largest absolute Gasteiger partial charge is 0.508 e. The van der Waals surface area contributed by atoms with Crippen LogP contribution in [0.4, 0.5) is 12.7 Å². The lowest BCUT2D eigenvalue weighted by molar-refractivity contribution is 0.447. The SMILES string of the molecule is O=S(=O)(F)c1c(F)cc(O)cc1F. The molecule has 1 aromatic rings. The highest BCUT2D eigenvalue weighted by atomic mass is 32.3. The fraction of sp³-hybridized carbons (Fsp3) is 0. The molecule has 0 fully saturated rings. The average Bonchev–Trinajstić information content (AvgIpc) is 1.78. The standard InChI is InChI=1S/C6H3F3O3S/c7-4-1-3(10)2-5(8)6(4)13(9,11)12/h1-2,10H. The molecule has 0 aliphatic carbocycles. The third-order valence-corrected chi connectivity index (χ3v) is 2.10. The molecule has 72 valence electrons. The van der Waals surface area contributed by atoms with Gasteiger partial charge in [0.05, 0.1) is 0 Å². The molecule has 1 N–H and O–H groups in total. The topological polar surface area (TPSA) is 54.4 Å². The van der Waals surface area contributed by atoms with Gasteiger partial charge in [-0.05, 0) is 0 Å². The van der Waals surface area contributed by atoms with Crippen LogP contribution in [0.2, 0.25) is 0 Å². The molecule has 0 bridgehead atoms. The lowest BCUT2D eigenvalue weighted by atomic mass is 10.3. The van der Waals surface area contributed by atoms with Gasteiger partial charge < -0.3 is 5.11 Å². The molecule has 0 aliphatic rings. The Balaban J connectivity index is 3.57. The number of phenols is 1. The zero-order valence-corrected chi connectivity index (χ0v) is 6.78. The second-order valence-corrected chi connectivity index (χ2v) is 3.46. The summed E-state index contributed by atoms with van der Waals surface area (Å²) in [6.45, 7) is 0. The molecule has 0 unspecified atom stereocenters. The predicted molar refractivity (Wildman–Crippen MR) is 36.3 cm³/mol. The van der Waals surface area contributed by atoms with Gasteiger partial charge in [-0.3, -0.25) is 0 Å². The zero-order valence-electron chi connectivity index (χ0n) is 5.96. The predicted octanol–water partition coefficient (Wildman–Crippen LogP) is 1.33. The van der Waals surface area contributed by atoms with Crippen LogP contribution in [0.5, 0.6) is 5.75 Å². The Morgan fingerprint density at radius 2 is 1.54 bits per heavy atom. The van der Waals surface area contributed by atoms with Crippen molar-refractivity contribution in [3.05, 3.63) is 23.8 Å². The van der Waals surface area contributed by atoms with Crippen LogP contribution in [0, 0.1) is 11.6 Å². The summed E-state index contributed by atoms with van der Waals surface area (Å²) < 4.78 is 57.7. The van der Waals surface area contributed by atoms with E-state index in [0.29, 0.717) is 12.1 Å². The molecule has 0 heterocycles. The lowest BCUT2D eigenvalue weighted by Gasteiger charge is -1.99. The van der Waals surface area contributed by atoms with Gasteiger partial charge in [0.15, 0.2) is 16.5 Å². The number of benzene rings is 1. The molecule has 1 rings (SSSR count). The number of phenolic OH excluding ortho intramolecular Hbond substituents is 1. The molecule has 0 atom stereocenters. The summed E-state index contributed by atoms with van der Waals surface area (Å²) in [6.07, 6.45) is 0. The van der Waals surface area contributed by atoms with Gasteiger partial charge in [0, 0.05) is 12.1 Å². The Bertz CT molecular complexity index is 417. The van der Waals surface area contributed by atoms with E-state index in [9.17, 15) is 21.1 Å². The number of aromatic hydroxyl groups is 1. The van der Waals surface area contributed by atoms with E-state index >= 15 is 0 Å². The van der Waals surface area contributed by atoms with Crippen LogP contribution in [0.3, 0.4) is 0 Å². The van der Waals surface area contributed by atoms with Crippen LogP contribution in [0.1, 0.15) is 0 Å². The van der Waals surface area contributed by atoms with Gasteiger partial charge in [0.1, 0.15) is 5.75 Å². The molecule has 0 aliphatic heterocycles. The van der Waals surface area contributed by atoms with Gasteiger partial charge in [-0.2, -0.15) is 8.42 Å². The molecule has 0 spiro atoms. The van der Waals surface area contributed by atoms with Crippen molar-refractivity contribution in [3.8, 4) is 5.75 Å². The van der Waals surface area contributed by atoms with Crippen LogP contribution in [-0.2, 0) is 10.2 Å². The quantitative estimate of drug-likeness (QED) is 0.714. The van der Waals surface area contributed by atoms with Crippen molar-refractivity contribution in [1.82, 2.24) is 0 Å². The summed E-state index contributed by atoms with van der Waals surface area (Å²) in [5.41, 5.74) is 0. The van der Waals surface area contributed by atoms with E-state index in [4.69, 9.17) is 5.11 Å². The molecule has 1 aromatic carbocycles. The van der Waals surface area contributed by atoms with Crippen LogP contribution < -0.4 is 0 Å². The Morgan fingerprint density at radius 3 is 1.85 bits per heavy atom. The minimum absolute atomic E-state index is 0.301. The first-order valence-corrected chi connectivity index (χ1v) is 4.33. The minimum atomic E-state index is -5.44. The normalized spacial score (nSPS) is 11.6. The number of halogens is 3. The summed E-state index contributed by atoms with van der Waals surface area (Å²) in [4.78, 5) is -1.69. The minimum Gasteiger partial charge on any atom is -0.508 e. The van der Waals surface area contributed by atoms with Crippen molar-refractivity contribution in [2.45, 2.75) is 4.90 Å². The maximum atomic E-state index is 12.6. The molecule has 13 heavy (non-hydrogen) atoms. The monoisotopic (exact) mass is 212 g/mol. The highest BCUT2D eigenvalue weighted by molar-refractivity contribution is 7.86. The molecular weight excluding hydrogens is 209 g/mol. The van der Waals surface area contributed by atoms with E-state index < -0.39 is 32.5 Å². The third-order valence-electron chi connectivity index (χ3n) is 1.23. The highest BCUT2D eigenvalue weighted by Crippen LogP contribution is 2.24. The second-order valence-electron chi connectivity index (χ2n) is 2.18. The van der Waals surface area contributed by atoms with Gasteiger partial charge in [-0.1, -0.05) is 0 Å². The first kappa shape index (κ1) is 9.85. The van der Waals surface area contributed by atoms with Crippen LogP contribution >= 0.6 is 0 Å². The Kier molecular flexibility index (Phi) is 2.21. The van der Waals surface area contributed by atoms with Gasteiger partial charge in [0.2, 0.25) is 0 Å². The van der Waals surface area contributed by atoms with Gasteiger partial charge in [-0.15, -0.1) is 3.89 Å².